The van der Waals surface area contributed by atoms with Gasteiger partial charge in [-0.1, -0.05) is 46.8 Å². The van der Waals surface area contributed by atoms with Crippen molar-refractivity contribution in [3.63, 3.8) is 0 Å². The van der Waals surface area contributed by atoms with Gasteiger partial charge in [0, 0.05) is 16.5 Å². The highest BCUT2D eigenvalue weighted by Gasteiger charge is 2.36. The molecule has 0 saturated carbocycles. The Balaban J connectivity index is 2.42. The number of amides is 1. The first-order chi connectivity index (χ1) is 10.5. The molecule has 0 bridgehead atoms. The molecule has 0 radical (unpaired) electrons. The molecule has 1 heterocycles. The van der Waals surface area contributed by atoms with Crippen LogP contribution in [0.15, 0.2) is 35.7 Å². The van der Waals surface area contributed by atoms with Gasteiger partial charge in [-0.25, -0.2) is 8.42 Å². The van der Waals surface area contributed by atoms with Gasteiger partial charge in [-0.15, -0.1) is 0 Å². The van der Waals surface area contributed by atoms with E-state index in [0.717, 1.165) is 5.69 Å². The van der Waals surface area contributed by atoms with Crippen LogP contribution >= 0.6 is 0 Å². The predicted octanol–water partition coefficient (Wildman–Crippen LogP) is 3.50. The number of carbonyl (C=O) groups is 1. The number of hydrogen-bond acceptors (Lipinski definition) is 3. The van der Waals surface area contributed by atoms with Crippen LogP contribution in [-0.2, 0) is 14.6 Å². The van der Waals surface area contributed by atoms with Crippen molar-refractivity contribution in [3.05, 3.63) is 41.3 Å². The van der Waals surface area contributed by atoms with Crippen LogP contribution in [0.3, 0.4) is 0 Å². The van der Waals surface area contributed by atoms with Gasteiger partial charge in [-0.05, 0) is 29.7 Å². The molecule has 1 aliphatic rings. The Hall–Kier alpha value is -1.62. The predicted molar refractivity (Wildman–Crippen MR) is 94.2 cm³/mol. The maximum absolute atomic E-state index is 12.9. The topological polar surface area (TPSA) is 54.5 Å². The number of carbonyl (C=O) groups excluding carboxylic acids is 1. The zero-order chi connectivity index (χ0) is 17.4. The normalized spacial score (nSPS) is 20.0. The summed E-state index contributed by atoms with van der Waals surface area (Å²) in [5.74, 6) is 0.268. The van der Waals surface area contributed by atoms with E-state index in [9.17, 15) is 13.2 Å². The molecule has 0 spiro atoms. The largest absolute Gasteiger partial charge is 0.304 e. The van der Waals surface area contributed by atoms with E-state index in [2.05, 4.69) is 13.8 Å². The molecule has 4 nitrogen and oxygen atoms in total. The summed E-state index contributed by atoms with van der Waals surface area (Å²) >= 11 is 0. The second-order valence-electron chi connectivity index (χ2n) is 7.40. The monoisotopic (exact) mass is 335 g/mol. The van der Waals surface area contributed by atoms with Crippen molar-refractivity contribution in [2.24, 2.45) is 5.41 Å². The zero-order valence-corrected chi connectivity index (χ0v) is 15.2. The molecule has 0 N–H and O–H groups in total. The lowest BCUT2D eigenvalue weighted by molar-refractivity contribution is -0.126. The minimum absolute atomic E-state index is 0.0548. The number of hydrogen-bond donors (Lipinski definition) is 0. The number of sulfone groups is 1. The zero-order valence-electron chi connectivity index (χ0n) is 14.4. The number of rotatable bonds is 3. The lowest BCUT2D eigenvalue weighted by Gasteiger charge is -2.33. The van der Waals surface area contributed by atoms with Gasteiger partial charge < -0.3 is 4.90 Å². The first kappa shape index (κ1) is 17.7. The van der Waals surface area contributed by atoms with Crippen LogP contribution in [0.4, 0.5) is 5.69 Å². The maximum Gasteiger partial charge on any atom is 0.232 e. The molecule has 1 aromatic carbocycles. The number of anilines is 1. The van der Waals surface area contributed by atoms with Gasteiger partial charge in [0.25, 0.3) is 0 Å². The molecule has 1 atom stereocenters. The SMILES string of the molecule is CC(C)c1ccc(N(C(=O)C(C)(C)C)C2C=CS(=O)(=O)C2)cc1. The Labute approximate surface area is 139 Å². The lowest BCUT2D eigenvalue weighted by Crippen LogP contribution is -2.46. The third-order valence-electron chi connectivity index (χ3n) is 3.94. The van der Waals surface area contributed by atoms with Crippen LogP contribution in [-0.4, -0.2) is 26.1 Å². The smallest absolute Gasteiger partial charge is 0.232 e. The van der Waals surface area contributed by atoms with Crippen molar-refractivity contribution in [2.75, 3.05) is 10.7 Å². The van der Waals surface area contributed by atoms with Crippen LogP contribution in [0.2, 0.25) is 0 Å². The molecule has 1 aromatic rings. The average molecular weight is 335 g/mol. The van der Waals surface area contributed by atoms with Gasteiger partial charge in [0.2, 0.25) is 5.91 Å². The van der Waals surface area contributed by atoms with Crippen molar-refractivity contribution >= 4 is 21.4 Å². The fraction of sp³-hybridized carbons (Fsp3) is 0.500. The molecule has 1 aliphatic heterocycles. The Kier molecular flexibility index (Phi) is 4.71. The van der Waals surface area contributed by atoms with Gasteiger partial charge in [-0.2, -0.15) is 0 Å². The molecule has 1 amide bonds. The molecule has 126 valence electrons. The Bertz CT molecular complexity index is 710. The lowest BCUT2D eigenvalue weighted by atomic mass is 9.93. The summed E-state index contributed by atoms with van der Waals surface area (Å²) in [4.78, 5) is 14.5. The van der Waals surface area contributed by atoms with Crippen LogP contribution in [0.25, 0.3) is 0 Å². The Morgan fingerprint density at radius 3 is 2.13 bits per heavy atom. The van der Waals surface area contributed by atoms with Gasteiger partial charge >= 0.3 is 0 Å². The van der Waals surface area contributed by atoms with E-state index in [0.29, 0.717) is 5.92 Å². The second-order valence-corrected chi connectivity index (χ2v) is 9.33. The molecule has 2 rings (SSSR count). The Morgan fingerprint density at radius 1 is 1.17 bits per heavy atom. The van der Waals surface area contributed by atoms with Gasteiger partial charge in [-0.3, -0.25) is 4.79 Å². The summed E-state index contributed by atoms with van der Waals surface area (Å²) in [7, 11) is -3.22. The van der Waals surface area contributed by atoms with Crippen molar-refractivity contribution in [2.45, 2.75) is 46.6 Å². The molecule has 0 saturated heterocycles. The van der Waals surface area contributed by atoms with E-state index in [1.807, 2.05) is 45.0 Å². The maximum atomic E-state index is 12.9. The van der Waals surface area contributed by atoms with E-state index >= 15 is 0 Å². The minimum atomic E-state index is -3.22. The molecule has 1 unspecified atom stereocenters. The molecular formula is C18H25NO3S. The molecule has 23 heavy (non-hydrogen) atoms. The second kappa shape index (κ2) is 6.11. The fourth-order valence-corrected chi connectivity index (χ4v) is 3.83. The Morgan fingerprint density at radius 2 is 1.74 bits per heavy atom. The van der Waals surface area contributed by atoms with Crippen molar-refractivity contribution in [1.82, 2.24) is 0 Å². The minimum Gasteiger partial charge on any atom is -0.304 e. The van der Waals surface area contributed by atoms with E-state index in [1.54, 1.807) is 11.0 Å². The fourth-order valence-electron chi connectivity index (χ4n) is 2.56. The quantitative estimate of drug-likeness (QED) is 0.849. The van der Waals surface area contributed by atoms with E-state index in [1.165, 1.54) is 11.0 Å². The van der Waals surface area contributed by atoms with Crippen LogP contribution in [0.5, 0.6) is 0 Å². The van der Waals surface area contributed by atoms with E-state index in [-0.39, 0.29) is 11.7 Å². The molecule has 0 aromatic heterocycles. The highest BCUT2D eigenvalue weighted by Crippen LogP contribution is 2.29. The standard InChI is InChI=1S/C18H25NO3S/c1-13(2)14-6-8-15(9-7-14)19(17(20)18(3,4)5)16-10-11-23(21,22)12-16/h6-11,13,16H,12H2,1-5H3. The molecule has 5 heteroatoms. The van der Waals surface area contributed by atoms with Gasteiger partial charge in [0.1, 0.15) is 0 Å². The molecule has 0 fully saturated rings. The third kappa shape index (κ3) is 4.02. The van der Waals surface area contributed by atoms with Crippen LogP contribution < -0.4 is 4.90 Å². The van der Waals surface area contributed by atoms with Gasteiger partial charge in [0.15, 0.2) is 9.84 Å². The van der Waals surface area contributed by atoms with Crippen molar-refractivity contribution in [1.29, 1.82) is 0 Å². The number of benzene rings is 1. The molecular weight excluding hydrogens is 310 g/mol. The van der Waals surface area contributed by atoms with Crippen molar-refractivity contribution in [3.8, 4) is 0 Å². The summed E-state index contributed by atoms with van der Waals surface area (Å²) < 4.78 is 23.5. The first-order valence-electron chi connectivity index (χ1n) is 7.86. The molecule has 0 aliphatic carbocycles. The van der Waals surface area contributed by atoms with Crippen LogP contribution in [0, 0.1) is 5.41 Å². The summed E-state index contributed by atoms with van der Waals surface area (Å²) in [6.07, 6.45) is 1.61. The summed E-state index contributed by atoms with van der Waals surface area (Å²) in [5, 5.41) is 1.21. The highest BCUT2D eigenvalue weighted by molar-refractivity contribution is 7.94. The van der Waals surface area contributed by atoms with Crippen molar-refractivity contribution < 1.29 is 13.2 Å². The first-order valence-corrected chi connectivity index (χ1v) is 9.57. The summed E-state index contributed by atoms with van der Waals surface area (Å²) in [5.41, 5.74) is 1.34. The summed E-state index contributed by atoms with van der Waals surface area (Å²) in [6.45, 7) is 9.76. The average Bonchev–Trinajstić information content (AvgIpc) is 2.78. The number of nitrogens with zero attached hydrogens (tertiary/aromatic N) is 1. The van der Waals surface area contributed by atoms with Crippen LogP contribution in [0.1, 0.15) is 46.1 Å². The van der Waals surface area contributed by atoms with E-state index in [4.69, 9.17) is 0 Å². The van der Waals surface area contributed by atoms with E-state index < -0.39 is 21.3 Å². The van der Waals surface area contributed by atoms with Gasteiger partial charge in [0.05, 0.1) is 11.8 Å². The third-order valence-corrected chi connectivity index (χ3v) is 5.32. The summed E-state index contributed by atoms with van der Waals surface area (Å²) in [6, 6.07) is 7.35. The highest BCUT2D eigenvalue weighted by atomic mass is 32.2.